The molecular formula is C21H35ClIN5O. The van der Waals surface area contributed by atoms with E-state index in [4.69, 9.17) is 16.3 Å². The van der Waals surface area contributed by atoms with Crippen LogP contribution in [-0.4, -0.2) is 93.3 Å². The van der Waals surface area contributed by atoms with Crippen LogP contribution in [0.2, 0.25) is 5.02 Å². The highest BCUT2D eigenvalue weighted by molar-refractivity contribution is 14.0. The number of piperazine rings is 1. The highest BCUT2D eigenvalue weighted by atomic mass is 127. The lowest BCUT2D eigenvalue weighted by Crippen LogP contribution is -2.53. The van der Waals surface area contributed by atoms with Gasteiger partial charge in [0, 0.05) is 71.0 Å². The first kappa shape index (κ1) is 24.7. The predicted molar refractivity (Wildman–Crippen MR) is 132 cm³/mol. The quantitative estimate of drug-likeness (QED) is 0.345. The summed E-state index contributed by atoms with van der Waals surface area (Å²) in [7, 11) is 1.88. The summed E-state index contributed by atoms with van der Waals surface area (Å²) in [6.45, 7) is 13.3. The summed E-state index contributed by atoms with van der Waals surface area (Å²) in [4.78, 5) is 11.9. The molecule has 2 fully saturated rings. The molecule has 0 radical (unpaired) electrons. The Morgan fingerprint density at radius 2 is 1.72 bits per heavy atom. The minimum absolute atomic E-state index is 0. The molecule has 2 aliphatic heterocycles. The molecule has 0 bridgehead atoms. The van der Waals surface area contributed by atoms with Gasteiger partial charge in [-0.15, -0.1) is 24.0 Å². The molecule has 0 saturated carbocycles. The fraction of sp³-hybridized carbons (Fsp3) is 0.667. The molecule has 0 aliphatic carbocycles. The molecule has 1 aromatic carbocycles. The number of nitrogens with one attached hydrogen (secondary N) is 1. The SMILES string of the molecule is CN=C(NCC(C)CN1CCOCC1)N1CCN(Cc2ccc(Cl)cc2)CC1.I. The van der Waals surface area contributed by atoms with Gasteiger partial charge in [-0.05, 0) is 23.6 Å². The van der Waals surface area contributed by atoms with E-state index in [0.29, 0.717) is 5.92 Å². The largest absolute Gasteiger partial charge is 0.379 e. The van der Waals surface area contributed by atoms with Gasteiger partial charge >= 0.3 is 0 Å². The van der Waals surface area contributed by atoms with Crippen molar-refractivity contribution in [3.8, 4) is 0 Å². The summed E-state index contributed by atoms with van der Waals surface area (Å²) < 4.78 is 5.43. The molecule has 3 rings (SSSR count). The number of hydrogen-bond donors (Lipinski definition) is 1. The fourth-order valence-corrected chi connectivity index (χ4v) is 3.98. The van der Waals surface area contributed by atoms with Gasteiger partial charge in [-0.2, -0.15) is 0 Å². The molecule has 2 aliphatic rings. The predicted octanol–water partition coefficient (Wildman–Crippen LogP) is 2.62. The highest BCUT2D eigenvalue weighted by Gasteiger charge is 2.20. The summed E-state index contributed by atoms with van der Waals surface area (Å²) in [6.07, 6.45) is 0. The molecule has 0 amide bonds. The Morgan fingerprint density at radius 3 is 2.34 bits per heavy atom. The van der Waals surface area contributed by atoms with E-state index in [2.05, 4.69) is 44.1 Å². The normalized spacial score (nSPS) is 20.2. The third-order valence-electron chi connectivity index (χ3n) is 5.49. The van der Waals surface area contributed by atoms with Crippen LogP contribution in [0.15, 0.2) is 29.3 Å². The lowest BCUT2D eigenvalue weighted by Gasteiger charge is -2.37. The molecule has 1 aromatic rings. The second-order valence-corrected chi connectivity index (χ2v) is 8.27. The molecule has 8 heteroatoms. The van der Waals surface area contributed by atoms with Crippen LogP contribution in [-0.2, 0) is 11.3 Å². The maximum atomic E-state index is 5.98. The molecule has 0 spiro atoms. The summed E-state index contributed by atoms with van der Waals surface area (Å²) in [5.41, 5.74) is 1.32. The van der Waals surface area contributed by atoms with Gasteiger partial charge in [-0.1, -0.05) is 30.7 Å². The molecule has 2 heterocycles. The van der Waals surface area contributed by atoms with Crippen molar-refractivity contribution in [3.63, 3.8) is 0 Å². The minimum Gasteiger partial charge on any atom is -0.379 e. The number of ether oxygens (including phenoxy) is 1. The Kier molecular flexibility index (Phi) is 11.0. The van der Waals surface area contributed by atoms with Crippen LogP contribution in [0.25, 0.3) is 0 Å². The second kappa shape index (κ2) is 12.9. The molecule has 1 unspecified atom stereocenters. The Balaban J connectivity index is 0.00000300. The average molecular weight is 536 g/mol. The number of hydrogen-bond acceptors (Lipinski definition) is 4. The summed E-state index contributed by atoms with van der Waals surface area (Å²) in [6, 6.07) is 8.17. The van der Waals surface area contributed by atoms with Crippen LogP contribution in [0, 0.1) is 5.92 Å². The van der Waals surface area contributed by atoms with Crippen molar-refractivity contribution < 1.29 is 4.74 Å². The number of guanidine groups is 1. The van der Waals surface area contributed by atoms with Crippen molar-refractivity contribution in [1.29, 1.82) is 0 Å². The Labute approximate surface area is 197 Å². The highest BCUT2D eigenvalue weighted by Crippen LogP contribution is 2.13. The Hall–Kier alpha value is -0.610. The van der Waals surface area contributed by atoms with E-state index in [1.165, 1.54) is 5.56 Å². The van der Waals surface area contributed by atoms with Gasteiger partial charge in [0.15, 0.2) is 5.96 Å². The van der Waals surface area contributed by atoms with Crippen molar-refractivity contribution in [2.75, 3.05) is 72.6 Å². The molecule has 6 nitrogen and oxygen atoms in total. The van der Waals surface area contributed by atoms with Crippen LogP contribution < -0.4 is 5.32 Å². The van der Waals surface area contributed by atoms with E-state index in [1.54, 1.807) is 0 Å². The van der Waals surface area contributed by atoms with Crippen molar-refractivity contribution in [2.45, 2.75) is 13.5 Å². The summed E-state index contributed by atoms with van der Waals surface area (Å²) in [5.74, 6) is 1.61. The van der Waals surface area contributed by atoms with Crippen molar-refractivity contribution >= 4 is 41.5 Å². The molecule has 164 valence electrons. The maximum Gasteiger partial charge on any atom is 0.193 e. The van der Waals surface area contributed by atoms with Crippen LogP contribution in [0.5, 0.6) is 0 Å². The third-order valence-corrected chi connectivity index (χ3v) is 5.74. The van der Waals surface area contributed by atoms with Gasteiger partial charge in [0.25, 0.3) is 0 Å². The molecule has 29 heavy (non-hydrogen) atoms. The van der Waals surface area contributed by atoms with Gasteiger partial charge in [0.05, 0.1) is 13.2 Å². The first-order valence-electron chi connectivity index (χ1n) is 10.4. The number of benzene rings is 1. The van der Waals surface area contributed by atoms with Crippen molar-refractivity contribution in [3.05, 3.63) is 34.9 Å². The topological polar surface area (TPSA) is 43.3 Å². The Morgan fingerprint density at radius 1 is 1.07 bits per heavy atom. The lowest BCUT2D eigenvalue weighted by molar-refractivity contribution is 0.0320. The fourth-order valence-electron chi connectivity index (χ4n) is 3.85. The van der Waals surface area contributed by atoms with Gasteiger partial charge in [-0.25, -0.2) is 0 Å². The van der Waals surface area contributed by atoms with Gasteiger partial charge in [0.1, 0.15) is 0 Å². The van der Waals surface area contributed by atoms with E-state index in [1.807, 2.05) is 19.2 Å². The van der Waals surface area contributed by atoms with Crippen LogP contribution in [0.1, 0.15) is 12.5 Å². The zero-order chi connectivity index (χ0) is 19.8. The van der Waals surface area contributed by atoms with E-state index < -0.39 is 0 Å². The second-order valence-electron chi connectivity index (χ2n) is 7.84. The smallest absolute Gasteiger partial charge is 0.193 e. The number of morpholine rings is 1. The zero-order valence-electron chi connectivity index (χ0n) is 17.6. The average Bonchev–Trinajstić information content (AvgIpc) is 2.72. The first-order valence-corrected chi connectivity index (χ1v) is 10.7. The van der Waals surface area contributed by atoms with Gasteiger partial charge in [0.2, 0.25) is 0 Å². The van der Waals surface area contributed by atoms with Crippen molar-refractivity contribution in [1.82, 2.24) is 20.0 Å². The van der Waals surface area contributed by atoms with E-state index >= 15 is 0 Å². The first-order chi connectivity index (χ1) is 13.6. The molecule has 1 N–H and O–H groups in total. The van der Waals surface area contributed by atoms with E-state index in [0.717, 1.165) is 83.1 Å². The van der Waals surface area contributed by atoms with Crippen LogP contribution in [0.4, 0.5) is 0 Å². The maximum absolute atomic E-state index is 5.98. The van der Waals surface area contributed by atoms with Crippen LogP contribution >= 0.6 is 35.6 Å². The van der Waals surface area contributed by atoms with Crippen LogP contribution in [0.3, 0.4) is 0 Å². The number of rotatable bonds is 6. The number of nitrogens with zero attached hydrogens (tertiary/aromatic N) is 4. The standard InChI is InChI=1S/C21H34ClN5O.HI/c1-18(16-26-11-13-28-14-12-26)15-24-21(23-2)27-9-7-25(8-10-27)17-19-3-5-20(22)6-4-19;/h3-6,18H,7-17H2,1-2H3,(H,23,24);1H. The number of aliphatic imine (C=N–C) groups is 1. The van der Waals surface area contributed by atoms with E-state index in [9.17, 15) is 0 Å². The lowest BCUT2D eigenvalue weighted by atomic mass is 10.1. The molecular weight excluding hydrogens is 501 g/mol. The molecule has 1 atom stereocenters. The van der Waals surface area contributed by atoms with E-state index in [-0.39, 0.29) is 24.0 Å². The Bertz CT molecular complexity index is 616. The third kappa shape index (κ3) is 8.20. The number of halogens is 2. The summed E-state index contributed by atoms with van der Waals surface area (Å²) >= 11 is 5.98. The zero-order valence-corrected chi connectivity index (χ0v) is 20.7. The van der Waals surface area contributed by atoms with Gasteiger partial charge < -0.3 is 15.0 Å². The van der Waals surface area contributed by atoms with Crippen molar-refractivity contribution in [2.24, 2.45) is 10.9 Å². The molecule has 0 aromatic heterocycles. The van der Waals surface area contributed by atoms with Gasteiger partial charge in [-0.3, -0.25) is 14.8 Å². The minimum atomic E-state index is 0. The molecule has 2 saturated heterocycles. The monoisotopic (exact) mass is 535 g/mol. The summed E-state index contributed by atoms with van der Waals surface area (Å²) in [5, 5.41) is 4.38.